The van der Waals surface area contributed by atoms with Crippen LogP contribution in [-0.2, 0) is 0 Å². The van der Waals surface area contributed by atoms with Crippen molar-refractivity contribution in [3.8, 4) is 11.5 Å². The second kappa shape index (κ2) is 9.36. The molecule has 1 heterocycles. The zero-order valence-electron chi connectivity index (χ0n) is 14.9. The quantitative estimate of drug-likeness (QED) is 0.529. The van der Waals surface area contributed by atoms with Gasteiger partial charge in [-0.25, -0.2) is 0 Å². The fourth-order valence-electron chi connectivity index (χ4n) is 2.39. The van der Waals surface area contributed by atoms with Crippen LogP contribution >= 0.6 is 0 Å². The van der Waals surface area contributed by atoms with E-state index in [4.69, 9.17) is 4.74 Å². The van der Waals surface area contributed by atoms with Gasteiger partial charge < -0.3 is 15.4 Å². The Kier molecular flexibility index (Phi) is 6.36. The average Bonchev–Trinajstić information content (AvgIpc) is 2.68. The molecule has 0 aliphatic carbocycles. The summed E-state index contributed by atoms with van der Waals surface area (Å²) in [5.41, 5.74) is 0.905. The van der Waals surface area contributed by atoms with Gasteiger partial charge in [0.25, 0.3) is 0 Å². The minimum atomic E-state index is 0.537. The number of aromatic nitrogens is 3. The lowest BCUT2D eigenvalue weighted by Crippen LogP contribution is -2.07. The molecule has 0 aliphatic rings. The van der Waals surface area contributed by atoms with Gasteiger partial charge in [0.05, 0.1) is 6.20 Å². The molecule has 3 rings (SSSR count). The number of ether oxygens (including phenoxy) is 1. The number of anilines is 3. The Morgan fingerprint density at radius 3 is 2.46 bits per heavy atom. The number of rotatable bonds is 9. The molecule has 6 nitrogen and oxygen atoms in total. The Hall–Kier alpha value is -3.15. The van der Waals surface area contributed by atoms with Gasteiger partial charge in [0, 0.05) is 12.2 Å². The van der Waals surface area contributed by atoms with Crippen molar-refractivity contribution in [3.05, 3.63) is 60.8 Å². The molecule has 0 saturated carbocycles. The molecule has 1 aromatic heterocycles. The second-order valence-corrected chi connectivity index (χ2v) is 5.86. The molecule has 134 valence electrons. The van der Waals surface area contributed by atoms with E-state index in [1.54, 1.807) is 6.20 Å². The van der Waals surface area contributed by atoms with Crippen molar-refractivity contribution in [1.29, 1.82) is 0 Å². The maximum atomic E-state index is 5.79. The van der Waals surface area contributed by atoms with E-state index < -0.39 is 0 Å². The van der Waals surface area contributed by atoms with Crippen LogP contribution in [0.1, 0.15) is 26.2 Å². The first-order valence-corrected chi connectivity index (χ1v) is 8.87. The minimum absolute atomic E-state index is 0.537. The Morgan fingerprint density at radius 2 is 1.69 bits per heavy atom. The molecule has 0 spiro atoms. The van der Waals surface area contributed by atoms with Crippen LogP contribution in [0.25, 0.3) is 0 Å². The fourth-order valence-corrected chi connectivity index (χ4v) is 2.39. The van der Waals surface area contributed by atoms with Gasteiger partial charge in [0.15, 0.2) is 5.82 Å². The highest BCUT2D eigenvalue weighted by Crippen LogP contribution is 2.23. The maximum Gasteiger partial charge on any atom is 0.244 e. The van der Waals surface area contributed by atoms with E-state index in [0.717, 1.165) is 30.2 Å². The van der Waals surface area contributed by atoms with Crippen molar-refractivity contribution in [2.75, 3.05) is 17.2 Å². The van der Waals surface area contributed by atoms with Gasteiger partial charge >= 0.3 is 0 Å². The summed E-state index contributed by atoms with van der Waals surface area (Å²) < 4.78 is 5.79. The molecule has 3 aromatic rings. The molecule has 0 unspecified atom stereocenters. The largest absolute Gasteiger partial charge is 0.457 e. The van der Waals surface area contributed by atoms with Crippen LogP contribution in [0, 0.1) is 0 Å². The molecular formula is C20H23N5O. The van der Waals surface area contributed by atoms with E-state index in [1.165, 1.54) is 12.8 Å². The summed E-state index contributed by atoms with van der Waals surface area (Å²) in [5.74, 6) is 2.78. The van der Waals surface area contributed by atoms with Crippen molar-refractivity contribution in [3.63, 3.8) is 0 Å². The first kappa shape index (κ1) is 17.7. The third kappa shape index (κ3) is 5.44. The highest BCUT2D eigenvalue weighted by Gasteiger charge is 2.02. The third-order valence-electron chi connectivity index (χ3n) is 3.73. The first-order valence-electron chi connectivity index (χ1n) is 8.87. The van der Waals surface area contributed by atoms with Gasteiger partial charge in [0.2, 0.25) is 5.95 Å². The number of hydrogen-bond acceptors (Lipinski definition) is 6. The predicted octanol–water partition coefficient (Wildman–Crippen LogP) is 5.01. The monoisotopic (exact) mass is 349 g/mol. The van der Waals surface area contributed by atoms with Crippen LogP contribution < -0.4 is 15.4 Å². The average molecular weight is 349 g/mol. The Morgan fingerprint density at radius 1 is 0.923 bits per heavy atom. The molecule has 0 amide bonds. The standard InChI is InChI=1S/C20H23N5O/c1-2-3-7-14-21-20-24-19(15-22-25-20)23-16-10-12-18(13-11-16)26-17-8-5-4-6-9-17/h4-6,8-13,15H,2-3,7,14H2,1H3,(H2,21,23,24,25). The molecule has 2 aromatic carbocycles. The van der Waals surface area contributed by atoms with Crippen molar-refractivity contribution in [2.24, 2.45) is 0 Å². The molecule has 0 aliphatic heterocycles. The smallest absolute Gasteiger partial charge is 0.244 e. The van der Waals surface area contributed by atoms with Gasteiger partial charge in [-0.05, 0) is 42.8 Å². The lowest BCUT2D eigenvalue weighted by atomic mass is 10.2. The van der Waals surface area contributed by atoms with Crippen LogP contribution in [0.5, 0.6) is 11.5 Å². The SMILES string of the molecule is CCCCCNc1nncc(Nc2ccc(Oc3ccccc3)cc2)n1. The molecule has 0 radical (unpaired) electrons. The number of para-hydroxylation sites is 1. The van der Waals surface area contributed by atoms with Crippen LogP contribution in [-0.4, -0.2) is 21.7 Å². The summed E-state index contributed by atoms with van der Waals surface area (Å²) in [6, 6.07) is 17.4. The van der Waals surface area contributed by atoms with E-state index in [-0.39, 0.29) is 0 Å². The van der Waals surface area contributed by atoms with Crippen LogP contribution in [0.15, 0.2) is 60.8 Å². The van der Waals surface area contributed by atoms with Crippen molar-refractivity contribution < 1.29 is 4.74 Å². The van der Waals surface area contributed by atoms with Gasteiger partial charge in [0.1, 0.15) is 11.5 Å². The second-order valence-electron chi connectivity index (χ2n) is 5.86. The predicted molar refractivity (Wildman–Crippen MR) is 104 cm³/mol. The van der Waals surface area contributed by atoms with Gasteiger partial charge in [-0.2, -0.15) is 10.1 Å². The summed E-state index contributed by atoms with van der Waals surface area (Å²) in [7, 11) is 0. The maximum absolute atomic E-state index is 5.79. The topological polar surface area (TPSA) is 72.0 Å². The fraction of sp³-hybridized carbons (Fsp3) is 0.250. The number of hydrogen-bond donors (Lipinski definition) is 2. The third-order valence-corrected chi connectivity index (χ3v) is 3.73. The highest BCUT2D eigenvalue weighted by atomic mass is 16.5. The van der Waals surface area contributed by atoms with Crippen LogP contribution in [0.4, 0.5) is 17.5 Å². The molecule has 26 heavy (non-hydrogen) atoms. The lowest BCUT2D eigenvalue weighted by molar-refractivity contribution is 0.483. The van der Waals surface area contributed by atoms with Crippen LogP contribution in [0.3, 0.4) is 0 Å². The van der Waals surface area contributed by atoms with Crippen molar-refractivity contribution in [2.45, 2.75) is 26.2 Å². The van der Waals surface area contributed by atoms with Gasteiger partial charge in [-0.1, -0.05) is 38.0 Å². The molecule has 0 saturated heterocycles. The molecule has 2 N–H and O–H groups in total. The van der Waals surface area contributed by atoms with E-state index in [9.17, 15) is 0 Å². The summed E-state index contributed by atoms with van der Waals surface area (Å²) in [5, 5.41) is 14.4. The van der Waals surface area contributed by atoms with Crippen molar-refractivity contribution >= 4 is 17.5 Å². The summed E-state index contributed by atoms with van der Waals surface area (Å²) >= 11 is 0. The van der Waals surface area contributed by atoms with Gasteiger partial charge in [-0.15, -0.1) is 5.10 Å². The summed E-state index contributed by atoms with van der Waals surface area (Å²) in [6.45, 7) is 3.03. The summed E-state index contributed by atoms with van der Waals surface area (Å²) in [6.07, 6.45) is 5.08. The Balaban J connectivity index is 1.57. The Bertz CT molecular complexity index is 793. The zero-order chi connectivity index (χ0) is 18.0. The van der Waals surface area contributed by atoms with E-state index in [1.807, 2.05) is 54.6 Å². The molecule has 0 fully saturated rings. The van der Waals surface area contributed by atoms with E-state index >= 15 is 0 Å². The Labute approximate surface area is 153 Å². The highest BCUT2D eigenvalue weighted by molar-refractivity contribution is 5.57. The number of unbranched alkanes of at least 4 members (excludes halogenated alkanes) is 2. The lowest BCUT2D eigenvalue weighted by Gasteiger charge is -2.09. The molecular weight excluding hydrogens is 326 g/mol. The number of nitrogens with one attached hydrogen (secondary N) is 2. The molecule has 0 atom stereocenters. The summed E-state index contributed by atoms with van der Waals surface area (Å²) in [4.78, 5) is 4.43. The molecule has 0 bridgehead atoms. The normalized spacial score (nSPS) is 10.3. The van der Waals surface area contributed by atoms with Crippen molar-refractivity contribution in [1.82, 2.24) is 15.2 Å². The number of benzene rings is 2. The first-order chi connectivity index (χ1) is 12.8. The van der Waals surface area contributed by atoms with E-state index in [0.29, 0.717) is 11.8 Å². The minimum Gasteiger partial charge on any atom is -0.457 e. The van der Waals surface area contributed by atoms with Crippen LogP contribution in [0.2, 0.25) is 0 Å². The zero-order valence-corrected chi connectivity index (χ0v) is 14.9. The molecule has 6 heteroatoms. The van der Waals surface area contributed by atoms with E-state index in [2.05, 4.69) is 32.7 Å². The van der Waals surface area contributed by atoms with Gasteiger partial charge in [-0.3, -0.25) is 0 Å². The number of nitrogens with zero attached hydrogens (tertiary/aromatic N) is 3.